The van der Waals surface area contributed by atoms with Crippen LogP contribution in [0.1, 0.15) is 132 Å². The predicted molar refractivity (Wildman–Crippen MR) is 259 cm³/mol. The number of hydrogen-bond donors (Lipinski definition) is 4. The van der Waals surface area contributed by atoms with Crippen molar-refractivity contribution < 1.29 is 67.7 Å². The fourth-order valence-electron chi connectivity index (χ4n) is 10.3. The Kier molecular flexibility index (Phi) is 22.5. The van der Waals surface area contributed by atoms with Crippen LogP contribution in [0, 0.1) is 29.6 Å². The third-order valence-electron chi connectivity index (χ3n) is 14.2. The van der Waals surface area contributed by atoms with E-state index in [4.69, 9.17) is 28.4 Å². The molecule has 68 heavy (non-hydrogen) atoms. The molecule has 2 bridgehead atoms. The molecule has 4 N–H and O–H groups in total. The second kappa shape index (κ2) is 26.5. The van der Waals surface area contributed by atoms with Crippen molar-refractivity contribution in [3.63, 3.8) is 0 Å². The van der Waals surface area contributed by atoms with Crippen molar-refractivity contribution in [3.8, 4) is 0 Å². The van der Waals surface area contributed by atoms with Gasteiger partial charge in [0.1, 0.15) is 29.6 Å². The quantitative estimate of drug-likeness (QED) is 0.0752. The molecular formula is C51H84N2O14S. The Balaban J connectivity index is 1.70. The molecule has 1 aliphatic carbocycles. The number of ether oxygens (including phenoxy) is 6. The number of carbonyl (C=O) groups is 5. The third-order valence-corrected chi connectivity index (χ3v) is 15.2. The van der Waals surface area contributed by atoms with Crippen molar-refractivity contribution in [2.24, 2.45) is 29.6 Å². The number of ketones is 2. The highest BCUT2D eigenvalue weighted by Crippen LogP contribution is 2.39. The Labute approximate surface area is 409 Å². The summed E-state index contributed by atoms with van der Waals surface area (Å²) in [6.45, 7) is 15.1. The van der Waals surface area contributed by atoms with E-state index in [9.17, 15) is 39.3 Å². The molecule has 14 atom stereocenters. The first-order valence-corrected chi connectivity index (χ1v) is 26.0. The number of Topliss-reactive ketones (excluding diaryl/α,β-unsaturated/α-hetero) is 2. The molecule has 16 nitrogen and oxygen atoms in total. The number of nitrogens with one attached hydrogen (secondary N) is 1. The Morgan fingerprint density at radius 1 is 0.926 bits per heavy atom. The lowest BCUT2D eigenvalue weighted by Gasteiger charge is -2.47. The van der Waals surface area contributed by atoms with Gasteiger partial charge in [0, 0.05) is 64.3 Å². The van der Waals surface area contributed by atoms with E-state index in [1.165, 1.54) is 19.1 Å². The molecule has 3 fully saturated rings. The Bertz CT molecular complexity index is 1750. The van der Waals surface area contributed by atoms with Crippen LogP contribution in [-0.4, -0.2) is 156 Å². The summed E-state index contributed by atoms with van der Waals surface area (Å²) >= 11 is 1.66. The van der Waals surface area contributed by atoms with Gasteiger partial charge in [-0.15, -0.1) is 0 Å². The maximum atomic E-state index is 14.5. The number of aliphatic hydroxyl groups excluding tert-OH is 2. The first-order chi connectivity index (χ1) is 32.0. The van der Waals surface area contributed by atoms with Crippen LogP contribution in [0.15, 0.2) is 23.3 Å². The highest BCUT2D eigenvalue weighted by atomic mass is 32.2. The van der Waals surface area contributed by atoms with E-state index in [1.54, 1.807) is 32.7 Å². The van der Waals surface area contributed by atoms with Gasteiger partial charge in [0.05, 0.1) is 30.5 Å². The molecular weight excluding hydrogens is 897 g/mol. The molecule has 0 aromatic rings. The number of cyclic esters (lactones) is 1. The monoisotopic (exact) mass is 981 g/mol. The lowest BCUT2D eigenvalue weighted by Crippen LogP contribution is -2.64. The van der Waals surface area contributed by atoms with E-state index < -0.39 is 95.6 Å². The molecule has 1 saturated carbocycles. The molecule has 4 rings (SSSR count). The molecule has 17 heteroatoms. The summed E-state index contributed by atoms with van der Waals surface area (Å²) in [4.78, 5) is 71.0. The molecule has 3 aliphatic heterocycles. The van der Waals surface area contributed by atoms with E-state index >= 15 is 0 Å². The maximum Gasteiger partial charge on any atom is 0.407 e. The average molecular weight is 981 g/mol. The summed E-state index contributed by atoms with van der Waals surface area (Å²) in [5, 5.41) is 37.4. The minimum atomic E-state index is -2.54. The number of nitrogens with zero attached hydrogens (tertiary/aromatic N) is 1. The van der Waals surface area contributed by atoms with Crippen molar-refractivity contribution in [2.75, 3.05) is 45.9 Å². The molecule has 2 saturated heterocycles. The highest BCUT2D eigenvalue weighted by molar-refractivity contribution is 7.99. The van der Waals surface area contributed by atoms with Crippen molar-refractivity contribution >= 4 is 41.3 Å². The number of hydrogen-bond acceptors (Lipinski definition) is 15. The van der Waals surface area contributed by atoms with E-state index in [-0.39, 0.29) is 49.5 Å². The topological polar surface area (TPSA) is 217 Å². The Morgan fingerprint density at radius 3 is 2.26 bits per heavy atom. The summed E-state index contributed by atoms with van der Waals surface area (Å²) in [6.07, 6.45) is 3.32. The molecule has 0 unspecified atom stereocenters. The zero-order valence-corrected chi connectivity index (χ0v) is 43.5. The number of rotatable bonds is 12. The zero-order chi connectivity index (χ0) is 50.5. The minimum Gasteiger partial charge on any atom is -0.456 e. The van der Waals surface area contributed by atoms with Crippen LogP contribution in [0.3, 0.4) is 0 Å². The maximum absolute atomic E-state index is 14.5. The highest BCUT2D eigenvalue weighted by Gasteiger charge is 2.56. The Morgan fingerprint density at radius 2 is 1.60 bits per heavy atom. The number of carbonyl (C=O) groups excluding carboxylic acids is 5. The van der Waals surface area contributed by atoms with Crippen LogP contribution >= 0.6 is 11.8 Å². The lowest BCUT2D eigenvalue weighted by atomic mass is 9.81. The normalized spacial score (nSPS) is 36.4. The molecule has 2 amide bonds. The molecule has 0 aromatic heterocycles. The summed E-state index contributed by atoms with van der Waals surface area (Å²) in [5.74, 6) is -6.51. The summed E-state index contributed by atoms with van der Waals surface area (Å²) in [7, 11) is 4.61. The number of amides is 2. The predicted octanol–water partition coefficient (Wildman–Crippen LogP) is 6.10. The number of thioether (sulfide) groups is 1. The van der Waals surface area contributed by atoms with Gasteiger partial charge in [-0.2, -0.15) is 11.8 Å². The van der Waals surface area contributed by atoms with Crippen LogP contribution < -0.4 is 5.32 Å². The molecule has 0 aromatic carbocycles. The summed E-state index contributed by atoms with van der Waals surface area (Å²) in [6, 6.07) is -1.17. The van der Waals surface area contributed by atoms with Crippen LogP contribution in [0.5, 0.6) is 0 Å². The number of allylic oxidation sites excluding steroid dienone is 3. The number of piperidine rings is 1. The molecule has 3 heterocycles. The summed E-state index contributed by atoms with van der Waals surface area (Å²) < 4.78 is 35.4. The number of aliphatic hydroxyl groups is 3. The van der Waals surface area contributed by atoms with Gasteiger partial charge >= 0.3 is 12.1 Å². The van der Waals surface area contributed by atoms with Crippen LogP contribution in [0.25, 0.3) is 0 Å². The van der Waals surface area contributed by atoms with Gasteiger partial charge in [0.25, 0.3) is 11.7 Å². The van der Waals surface area contributed by atoms with Crippen molar-refractivity contribution in [2.45, 2.75) is 193 Å². The van der Waals surface area contributed by atoms with Gasteiger partial charge in [0.2, 0.25) is 5.79 Å². The van der Waals surface area contributed by atoms with E-state index in [1.807, 2.05) is 53.7 Å². The first kappa shape index (κ1) is 57.7. The number of fused-ring (bicyclic) bond motifs is 3. The number of esters is 1. The van der Waals surface area contributed by atoms with Crippen LogP contribution in [0.2, 0.25) is 0 Å². The molecule has 0 radical (unpaired) electrons. The van der Waals surface area contributed by atoms with Gasteiger partial charge in [-0.1, -0.05) is 38.5 Å². The van der Waals surface area contributed by atoms with Crippen molar-refractivity contribution in [1.82, 2.24) is 10.2 Å². The number of methoxy groups -OCH3 is 3. The summed E-state index contributed by atoms with van der Waals surface area (Å²) in [5.41, 5.74) is 1.01. The SMILES string of the molecule is CO[C@H]1C[C@@H](C)C/C(C)=C/[C@@H](CCCSCCNC(=O)OC(C)(C)C)C(=O)C[C@H](O)[C@@H](C)[C@@H](/C(C)=C/[C@@H]2CC[C@@H](O)[C@H](OC)C2)OC(=O)[C@@H]2CCCCN2C(=O)C(=O)[C@]2(O)O[C@H]1[C@@H](OC)C[C@H]2C. The fourth-order valence-corrected chi connectivity index (χ4v) is 11.2. The van der Waals surface area contributed by atoms with Gasteiger partial charge < -0.3 is 54.0 Å². The second-order valence-corrected chi connectivity index (χ2v) is 22.2. The molecule has 0 spiro atoms. The van der Waals surface area contributed by atoms with Gasteiger partial charge in [-0.3, -0.25) is 14.4 Å². The van der Waals surface area contributed by atoms with Crippen LogP contribution in [0.4, 0.5) is 4.79 Å². The largest absolute Gasteiger partial charge is 0.456 e. The van der Waals surface area contributed by atoms with Crippen molar-refractivity contribution in [1.29, 1.82) is 0 Å². The average Bonchev–Trinajstić information content (AvgIpc) is 3.28. The minimum absolute atomic E-state index is 0.0232. The standard InChI is InChI=1S/C51H84N2O14S/c1-30-23-31(2)25-42(63-10)45-43(64-11)27-33(4)51(61,66-45)46(57)47(58)53-20-13-12-16-37(53)48(59)65-44(32(3)26-35-17-18-38(54)41(28-35)62-9)34(5)39(55)29-40(56)36(24-30)15-14-21-68-22-19-52-49(60)67-50(6,7)8/h24,26,31,33-39,41-45,54-55,61H,12-23,25,27-29H2,1-11H3,(H,52,60)/b30-24+,32-26+/t31-,33+,34+,35-,36+,37-,38+,39-,41+,42-,43-,44+,45+,51+/m0/s1. The van der Waals surface area contributed by atoms with Gasteiger partial charge in [-0.05, 0) is 128 Å². The Hall–Kier alpha value is -2.90. The third kappa shape index (κ3) is 16.1. The molecule has 388 valence electrons. The zero-order valence-electron chi connectivity index (χ0n) is 42.7. The van der Waals surface area contributed by atoms with Gasteiger partial charge in [0.15, 0.2) is 0 Å². The van der Waals surface area contributed by atoms with Crippen molar-refractivity contribution in [3.05, 3.63) is 23.3 Å². The second-order valence-electron chi connectivity index (χ2n) is 20.9. The number of alkyl carbamates (subject to hydrolysis) is 1. The fraction of sp³-hybridized carbons (Fsp3) is 0.824. The van der Waals surface area contributed by atoms with Gasteiger partial charge in [-0.25, -0.2) is 9.59 Å². The van der Waals surface area contributed by atoms with E-state index in [2.05, 4.69) is 5.32 Å². The van der Waals surface area contributed by atoms with E-state index in [0.717, 1.165) is 11.3 Å². The van der Waals surface area contributed by atoms with E-state index in [0.29, 0.717) is 75.7 Å². The smallest absolute Gasteiger partial charge is 0.407 e. The first-order valence-electron chi connectivity index (χ1n) is 24.9. The van der Waals surface area contributed by atoms with Crippen LogP contribution in [-0.2, 0) is 47.6 Å². The lowest BCUT2D eigenvalue weighted by molar-refractivity contribution is -0.302. The molecule has 4 aliphatic rings.